The summed E-state index contributed by atoms with van der Waals surface area (Å²) < 4.78 is 0. The molecule has 0 spiro atoms. The normalized spacial score (nSPS) is 13.4. The van der Waals surface area contributed by atoms with E-state index in [1.54, 1.807) is 6.08 Å². The SMILES string of the molecule is C=CCC(N)C(=O)NC(C)(CC)CC. The van der Waals surface area contributed by atoms with Crippen molar-refractivity contribution in [1.82, 2.24) is 5.32 Å². The van der Waals surface area contributed by atoms with Crippen LogP contribution in [0.15, 0.2) is 12.7 Å². The summed E-state index contributed by atoms with van der Waals surface area (Å²) in [6.07, 6.45) is 4.01. The van der Waals surface area contributed by atoms with E-state index in [-0.39, 0.29) is 11.4 Å². The first-order valence-electron chi connectivity index (χ1n) is 5.17. The maximum Gasteiger partial charge on any atom is 0.237 e. The van der Waals surface area contributed by atoms with E-state index in [1.165, 1.54) is 0 Å². The van der Waals surface area contributed by atoms with E-state index >= 15 is 0 Å². The average Bonchev–Trinajstić information content (AvgIpc) is 2.18. The first-order chi connectivity index (χ1) is 6.49. The minimum atomic E-state index is -0.468. The van der Waals surface area contributed by atoms with Crippen LogP contribution in [0.2, 0.25) is 0 Å². The molecule has 0 fully saturated rings. The Balaban J connectivity index is 4.22. The van der Waals surface area contributed by atoms with Crippen molar-refractivity contribution in [2.24, 2.45) is 5.73 Å². The van der Waals surface area contributed by atoms with Gasteiger partial charge in [0.05, 0.1) is 6.04 Å². The predicted molar refractivity (Wildman–Crippen MR) is 59.9 cm³/mol. The minimum absolute atomic E-state index is 0.0869. The van der Waals surface area contributed by atoms with Gasteiger partial charge >= 0.3 is 0 Å². The fraction of sp³-hybridized carbons (Fsp3) is 0.727. The summed E-state index contributed by atoms with van der Waals surface area (Å²) in [7, 11) is 0. The molecule has 0 aliphatic heterocycles. The van der Waals surface area contributed by atoms with E-state index in [4.69, 9.17) is 5.73 Å². The Hall–Kier alpha value is -0.830. The van der Waals surface area contributed by atoms with Crippen LogP contribution < -0.4 is 11.1 Å². The number of hydrogen-bond acceptors (Lipinski definition) is 2. The van der Waals surface area contributed by atoms with Crippen molar-refractivity contribution < 1.29 is 4.79 Å². The van der Waals surface area contributed by atoms with Crippen molar-refractivity contribution in [3.05, 3.63) is 12.7 Å². The number of carbonyl (C=O) groups is 1. The van der Waals surface area contributed by atoms with Gasteiger partial charge in [-0.3, -0.25) is 4.79 Å². The summed E-state index contributed by atoms with van der Waals surface area (Å²) in [6.45, 7) is 9.71. The molecule has 0 saturated heterocycles. The highest BCUT2D eigenvalue weighted by atomic mass is 16.2. The van der Waals surface area contributed by atoms with E-state index in [1.807, 2.05) is 6.92 Å². The second-order valence-electron chi connectivity index (χ2n) is 3.89. The smallest absolute Gasteiger partial charge is 0.237 e. The molecule has 0 radical (unpaired) electrons. The van der Waals surface area contributed by atoms with Gasteiger partial charge < -0.3 is 11.1 Å². The Morgan fingerprint density at radius 2 is 2.07 bits per heavy atom. The molecule has 0 bridgehead atoms. The maximum atomic E-state index is 11.6. The van der Waals surface area contributed by atoms with Gasteiger partial charge in [-0.05, 0) is 26.2 Å². The van der Waals surface area contributed by atoms with E-state index in [9.17, 15) is 4.79 Å². The van der Waals surface area contributed by atoms with Gasteiger partial charge in [-0.2, -0.15) is 0 Å². The highest BCUT2D eigenvalue weighted by molar-refractivity contribution is 5.82. The van der Waals surface area contributed by atoms with Crippen LogP contribution in [0.4, 0.5) is 0 Å². The monoisotopic (exact) mass is 198 g/mol. The van der Waals surface area contributed by atoms with Crippen molar-refractivity contribution >= 4 is 5.91 Å². The minimum Gasteiger partial charge on any atom is -0.350 e. The van der Waals surface area contributed by atoms with Gasteiger partial charge in [-0.25, -0.2) is 0 Å². The molecule has 0 aliphatic carbocycles. The molecule has 1 unspecified atom stereocenters. The fourth-order valence-electron chi connectivity index (χ4n) is 1.10. The van der Waals surface area contributed by atoms with Crippen LogP contribution in [0.5, 0.6) is 0 Å². The van der Waals surface area contributed by atoms with Crippen molar-refractivity contribution in [3.8, 4) is 0 Å². The van der Waals surface area contributed by atoms with Gasteiger partial charge in [0.2, 0.25) is 5.91 Å². The van der Waals surface area contributed by atoms with Crippen LogP contribution in [-0.2, 0) is 4.79 Å². The molecule has 0 saturated carbocycles. The highest BCUT2D eigenvalue weighted by Gasteiger charge is 2.24. The van der Waals surface area contributed by atoms with Crippen LogP contribution in [0.1, 0.15) is 40.0 Å². The highest BCUT2D eigenvalue weighted by Crippen LogP contribution is 2.13. The zero-order valence-corrected chi connectivity index (χ0v) is 9.47. The summed E-state index contributed by atoms with van der Waals surface area (Å²) in [5.41, 5.74) is 5.53. The van der Waals surface area contributed by atoms with Crippen molar-refractivity contribution in [2.75, 3.05) is 0 Å². The van der Waals surface area contributed by atoms with Gasteiger partial charge in [-0.1, -0.05) is 19.9 Å². The standard InChI is InChI=1S/C11H22N2O/c1-5-8-9(12)10(14)13-11(4,6-2)7-3/h5,9H,1,6-8,12H2,2-4H3,(H,13,14). The van der Waals surface area contributed by atoms with Crippen molar-refractivity contribution in [3.63, 3.8) is 0 Å². The lowest BCUT2D eigenvalue weighted by molar-refractivity contribution is -0.124. The molecule has 3 nitrogen and oxygen atoms in total. The number of rotatable bonds is 6. The molecule has 82 valence electrons. The molecule has 3 heteroatoms. The quantitative estimate of drug-likeness (QED) is 0.637. The molecule has 0 aromatic rings. The van der Waals surface area contributed by atoms with E-state index in [2.05, 4.69) is 25.7 Å². The third kappa shape index (κ3) is 3.92. The molecule has 0 heterocycles. The van der Waals surface area contributed by atoms with Crippen LogP contribution >= 0.6 is 0 Å². The second kappa shape index (κ2) is 5.81. The van der Waals surface area contributed by atoms with Crippen LogP contribution in [-0.4, -0.2) is 17.5 Å². The van der Waals surface area contributed by atoms with Gasteiger partial charge in [-0.15, -0.1) is 6.58 Å². The lowest BCUT2D eigenvalue weighted by Crippen LogP contribution is -2.51. The predicted octanol–water partition coefficient (Wildman–Crippen LogP) is 1.58. The van der Waals surface area contributed by atoms with Gasteiger partial charge in [0.25, 0.3) is 0 Å². The third-order valence-electron chi connectivity index (χ3n) is 2.74. The summed E-state index contributed by atoms with van der Waals surface area (Å²) in [6, 6.07) is -0.468. The second-order valence-corrected chi connectivity index (χ2v) is 3.89. The summed E-state index contributed by atoms with van der Waals surface area (Å²) in [5, 5.41) is 2.97. The van der Waals surface area contributed by atoms with Gasteiger partial charge in [0.1, 0.15) is 0 Å². The molecule has 0 aliphatic rings. The number of hydrogen-bond donors (Lipinski definition) is 2. The largest absolute Gasteiger partial charge is 0.350 e. The van der Waals surface area contributed by atoms with Gasteiger partial charge in [0.15, 0.2) is 0 Å². The zero-order valence-electron chi connectivity index (χ0n) is 9.47. The number of amides is 1. The van der Waals surface area contributed by atoms with Gasteiger partial charge in [0, 0.05) is 5.54 Å². The Labute approximate surface area is 86.8 Å². The van der Waals surface area contributed by atoms with Crippen LogP contribution in [0.3, 0.4) is 0 Å². The third-order valence-corrected chi connectivity index (χ3v) is 2.74. The van der Waals surface area contributed by atoms with Crippen LogP contribution in [0.25, 0.3) is 0 Å². The Morgan fingerprint density at radius 3 is 2.43 bits per heavy atom. The summed E-state index contributed by atoms with van der Waals surface area (Å²) >= 11 is 0. The number of nitrogens with one attached hydrogen (secondary N) is 1. The summed E-state index contributed by atoms with van der Waals surface area (Å²) in [5.74, 6) is -0.0869. The maximum absolute atomic E-state index is 11.6. The molecule has 0 aromatic carbocycles. The van der Waals surface area contributed by atoms with E-state index < -0.39 is 6.04 Å². The summed E-state index contributed by atoms with van der Waals surface area (Å²) in [4.78, 5) is 11.6. The molecule has 3 N–H and O–H groups in total. The van der Waals surface area contributed by atoms with Crippen molar-refractivity contribution in [1.29, 1.82) is 0 Å². The van der Waals surface area contributed by atoms with E-state index in [0.717, 1.165) is 12.8 Å². The molecule has 0 aromatic heterocycles. The first kappa shape index (κ1) is 13.2. The molecule has 0 rings (SSSR count). The first-order valence-corrected chi connectivity index (χ1v) is 5.17. The van der Waals surface area contributed by atoms with Crippen molar-refractivity contribution in [2.45, 2.75) is 51.6 Å². The fourth-order valence-corrected chi connectivity index (χ4v) is 1.10. The average molecular weight is 198 g/mol. The Bertz CT molecular complexity index is 197. The Kier molecular flexibility index (Phi) is 5.46. The lowest BCUT2D eigenvalue weighted by Gasteiger charge is -2.29. The number of nitrogens with two attached hydrogens (primary N) is 1. The van der Waals surface area contributed by atoms with E-state index in [0.29, 0.717) is 6.42 Å². The zero-order chi connectivity index (χ0) is 11.2. The molecule has 1 amide bonds. The molecule has 14 heavy (non-hydrogen) atoms. The topological polar surface area (TPSA) is 55.1 Å². The molecular weight excluding hydrogens is 176 g/mol. The number of carbonyl (C=O) groups excluding carboxylic acids is 1. The Morgan fingerprint density at radius 1 is 1.57 bits per heavy atom. The van der Waals surface area contributed by atoms with Crippen LogP contribution in [0, 0.1) is 0 Å². The molecule has 1 atom stereocenters. The lowest BCUT2D eigenvalue weighted by atomic mass is 9.95. The molecular formula is C11H22N2O.